The molecule has 1 saturated heterocycles. The summed E-state index contributed by atoms with van der Waals surface area (Å²) >= 11 is 0. The van der Waals surface area contributed by atoms with Crippen LogP contribution in [0.25, 0.3) is 0 Å². The second-order valence-corrected chi connectivity index (χ2v) is 9.94. The minimum Gasteiger partial charge on any atom is -0.345 e. The summed E-state index contributed by atoms with van der Waals surface area (Å²) in [6, 6.07) is 12.9. The van der Waals surface area contributed by atoms with Crippen LogP contribution < -0.4 is 5.32 Å². The minimum atomic E-state index is -3.64. The van der Waals surface area contributed by atoms with Gasteiger partial charge < -0.3 is 10.2 Å². The van der Waals surface area contributed by atoms with E-state index in [0.29, 0.717) is 37.3 Å². The predicted octanol–water partition coefficient (Wildman–Crippen LogP) is 3.12. The fraction of sp³-hybridized carbons (Fsp3) is 0.435. The first-order valence-corrected chi connectivity index (χ1v) is 11.8. The first-order valence-electron chi connectivity index (χ1n) is 10.4. The number of benzene rings is 2. The molecular formula is C23H31N3O3S. The summed E-state index contributed by atoms with van der Waals surface area (Å²) in [5.41, 5.74) is 3.21. The predicted molar refractivity (Wildman–Crippen MR) is 119 cm³/mol. The maximum Gasteiger partial charge on any atom is 0.251 e. The van der Waals surface area contributed by atoms with Gasteiger partial charge in [0, 0.05) is 31.7 Å². The summed E-state index contributed by atoms with van der Waals surface area (Å²) in [6.45, 7) is 8.13. The minimum absolute atomic E-state index is 0.128. The second kappa shape index (κ2) is 9.29. The molecule has 1 aliphatic heterocycles. The summed E-state index contributed by atoms with van der Waals surface area (Å²) in [6.07, 6.45) is 0.743. The van der Waals surface area contributed by atoms with Crippen LogP contribution in [0.1, 0.15) is 46.4 Å². The maximum atomic E-state index is 13.2. The van der Waals surface area contributed by atoms with Crippen molar-refractivity contribution in [2.24, 2.45) is 0 Å². The molecule has 1 heterocycles. The van der Waals surface area contributed by atoms with Crippen LogP contribution in [-0.4, -0.2) is 56.8 Å². The zero-order valence-electron chi connectivity index (χ0n) is 18.2. The monoisotopic (exact) mass is 429 g/mol. The van der Waals surface area contributed by atoms with Crippen LogP contribution in [0, 0.1) is 13.8 Å². The third-order valence-electron chi connectivity index (χ3n) is 5.72. The maximum absolute atomic E-state index is 13.2. The summed E-state index contributed by atoms with van der Waals surface area (Å²) in [5.74, 6) is -0.266. The number of nitrogens with one attached hydrogen (secondary N) is 1. The lowest BCUT2D eigenvalue weighted by molar-refractivity contribution is 0.0935. The van der Waals surface area contributed by atoms with Crippen LogP contribution in [0.4, 0.5) is 0 Å². The number of carbonyl (C=O) groups is 1. The number of carbonyl (C=O) groups excluding carboxylic acids is 1. The molecule has 0 unspecified atom stereocenters. The molecule has 1 N–H and O–H groups in total. The highest BCUT2D eigenvalue weighted by Gasteiger charge is 2.29. The molecule has 1 aliphatic rings. The van der Waals surface area contributed by atoms with Crippen LogP contribution in [0.15, 0.2) is 47.4 Å². The molecule has 1 atom stereocenters. The molecule has 0 aromatic heterocycles. The van der Waals surface area contributed by atoms with Gasteiger partial charge in [-0.1, -0.05) is 42.8 Å². The van der Waals surface area contributed by atoms with Crippen LogP contribution in [-0.2, 0) is 10.0 Å². The standard InChI is InChI=1S/C23H31N3O3S/c1-5-21(19-9-6-17(2)7-10-19)24-23(27)20-11-8-18(3)22(16-20)30(28,29)26-14-12-25(4)13-15-26/h6-11,16,21H,5,12-15H2,1-4H3,(H,24,27)/t21-/m1/s1. The number of hydrogen-bond acceptors (Lipinski definition) is 4. The van der Waals surface area contributed by atoms with Crippen molar-refractivity contribution in [3.8, 4) is 0 Å². The molecule has 6 nitrogen and oxygen atoms in total. The van der Waals surface area contributed by atoms with Crippen molar-refractivity contribution < 1.29 is 13.2 Å². The normalized spacial score (nSPS) is 16.9. The average molecular weight is 430 g/mol. The Morgan fingerprint density at radius 2 is 1.67 bits per heavy atom. The molecule has 2 aromatic rings. The number of likely N-dealkylation sites (N-methyl/N-ethyl adjacent to an activating group) is 1. The van der Waals surface area contributed by atoms with Crippen molar-refractivity contribution >= 4 is 15.9 Å². The molecule has 7 heteroatoms. The molecule has 0 bridgehead atoms. The molecule has 162 valence electrons. The van der Waals surface area contributed by atoms with Gasteiger partial charge in [-0.05, 0) is 50.6 Å². The molecule has 0 radical (unpaired) electrons. The van der Waals surface area contributed by atoms with E-state index >= 15 is 0 Å². The topological polar surface area (TPSA) is 69.7 Å². The SMILES string of the molecule is CC[C@@H](NC(=O)c1ccc(C)c(S(=O)(=O)N2CCN(C)CC2)c1)c1ccc(C)cc1. The lowest BCUT2D eigenvalue weighted by Crippen LogP contribution is -2.47. The van der Waals surface area contributed by atoms with Crippen molar-refractivity contribution in [3.05, 3.63) is 64.7 Å². The van der Waals surface area contributed by atoms with Crippen LogP contribution in [0.5, 0.6) is 0 Å². The Kier molecular flexibility index (Phi) is 6.95. The van der Waals surface area contributed by atoms with Crippen molar-refractivity contribution in [1.29, 1.82) is 0 Å². The Balaban J connectivity index is 1.83. The summed E-state index contributed by atoms with van der Waals surface area (Å²) in [7, 11) is -1.65. The van der Waals surface area contributed by atoms with Crippen LogP contribution >= 0.6 is 0 Å². The van der Waals surface area contributed by atoms with E-state index in [1.165, 1.54) is 10.4 Å². The van der Waals surface area contributed by atoms with E-state index in [1.54, 1.807) is 19.1 Å². The zero-order chi connectivity index (χ0) is 21.9. The second-order valence-electron chi connectivity index (χ2n) is 8.03. The fourth-order valence-corrected chi connectivity index (χ4v) is 5.32. The lowest BCUT2D eigenvalue weighted by Gasteiger charge is -2.32. The molecular weight excluding hydrogens is 398 g/mol. The van der Waals surface area contributed by atoms with E-state index in [0.717, 1.165) is 17.5 Å². The third-order valence-corrected chi connectivity index (χ3v) is 7.76. The van der Waals surface area contributed by atoms with E-state index in [-0.39, 0.29) is 16.8 Å². The first-order chi connectivity index (χ1) is 14.2. The fourth-order valence-electron chi connectivity index (χ4n) is 3.65. The molecule has 30 heavy (non-hydrogen) atoms. The average Bonchev–Trinajstić information content (AvgIpc) is 2.73. The Morgan fingerprint density at radius 3 is 2.27 bits per heavy atom. The molecule has 1 amide bonds. The Labute approximate surface area is 179 Å². The van der Waals surface area contributed by atoms with Crippen molar-refractivity contribution in [2.45, 2.75) is 38.1 Å². The van der Waals surface area contributed by atoms with Gasteiger partial charge in [0.2, 0.25) is 10.0 Å². The number of nitrogens with zero attached hydrogens (tertiary/aromatic N) is 2. The molecule has 2 aromatic carbocycles. The van der Waals surface area contributed by atoms with E-state index in [9.17, 15) is 13.2 Å². The van der Waals surface area contributed by atoms with Crippen LogP contribution in [0.3, 0.4) is 0 Å². The molecule has 0 aliphatic carbocycles. The number of sulfonamides is 1. The number of piperazine rings is 1. The highest BCUT2D eigenvalue weighted by atomic mass is 32.2. The summed E-state index contributed by atoms with van der Waals surface area (Å²) in [5, 5.41) is 3.05. The third kappa shape index (κ3) is 4.91. The van der Waals surface area contributed by atoms with Crippen molar-refractivity contribution in [2.75, 3.05) is 33.2 Å². The molecule has 0 spiro atoms. The number of amides is 1. The van der Waals surface area contributed by atoms with Crippen molar-refractivity contribution in [1.82, 2.24) is 14.5 Å². The Morgan fingerprint density at radius 1 is 1.03 bits per heavy atom. The van der Waals surface area contributed by atoms with Gasteiger partial charge in [-0.25, -0.2) is 8.42 Å². The first kappa shape index (κ1) is 22.5. The molecule has 0 saturated carbocycles. The van der Waals surface area contributed by atoms with Gasteiger partial charge >= 0.3 is 0 Å². The largest absolute Gasteiger partial charge is 0.345 e. The van der Waals surface area contributed by atoms with E-state index in [2.05, 4.69) is 10.2 Å². The number of hydrogen-bond donors (Lipinski definition) is 1. The van der Waals surface area contributed by atoms with E-state index < -0.39 is 10.0 Å². The van der Waals surface area contributed by atoms with Gasteiger partial charge in [-0.3, -0.25) is 4.79 Å². The lowest BCUT2D eigenvalue weighted by atomic mass is 10.0. The highest BCUT2D eigenvalue weighted by molar-refractivity contribution is 7.89. The van der Waals surface area contributed by atoms with Gasteiger partial charge in [-0.2, -0.15) is 4.31 Å². The van der Waals surface area contributed by atoms with Gasteiger partial charge in [0.05, 0.1) is 10.9 Å². The van der Waals surface area contributed by atoms with Crippen LogP contribution in [0.2, 0.25) is 0 Å². The van der Waals surface area contributed by atoms with Gasteiger partial charge in [0.25, 0.3) is 5.91 Å². The van der Waals surface area contributed by atoms with E-state index in [4.69, 9.17) is 0 Å². The smallest absolute Gasteiger partial charge is 0.251 e. The number of aryl methyl sites for hydroxylation is 2. The quantitative estimate of drug-likeness (QED) is 0.766. The summed E-state index contributed by atoms with van der Waals surface area (Å²) < 4.78 is 27.9. The number of rotatable bonds is 6. The van der Waals surface area contributed by atoms with Gasteiger partial charge in [0.1, 0.15) is 0 Å². The zero-order valence-corrected chi connectivity index (χ0v) is 19.0. The van der Waals surface area contributed by atoms with Crippen molar-refractivity contribution in [3.63, 3.8) is 0 Å². The Hall–Kier alpha value is -2.22. The molecule has 3 rings (SSSR count). The summed E-state index contributed by atoms with van der Waals surface area (Å²) in [4.78, 5) is 15.3. The molecule has 1 fully saturated rings. The Bertz CT molecular complexity index is 995. The van der Waals surface area contributed by atoms with Gasteiger partial charge in [-0.15, -0.1) is 0 Å². The van der Waals surface area contributed by atoms with Gasteiger partial charge in [0.15, 0.2) is 0 Å². The highest BCUT2D eigenvalue weighted by Crippen LogP contribution is 2.24. The van der Waals surface area contributed by atoms with E-state index in [1.807, 2.05) is 45.2 Å².